The lowest BCUT2D eigenvalue weighted by molar-refractivity contribution is -0.148. The van der Waals surface area contributed by atoms with Crippen molar-refractivity contribution in [3.8, 4) is 0 Å². The molecule has 1 aromatic carbocycles. The summed E-state index contributed by atoms with van der Waals surface area (Å²) in [5.74, 6) is -0.467. The molecule has 116 valence electrons. The van der Waals surface area contributed by atoms with Crippen molar-refractivity contribution in [2.24, 2.45) is 0 Å². The Hall–Kier alpha value is -1.27. The molecule has 1 aliphatic rings. The average molecular weight is 360 g/mol. The molecular weight excluding hydrogens is 341 g/mol. The molecule has 1 atom stereocenters. The zero-order valence-electron chi connectivity index (χ0n) is 11.9. The smallest absolute Gasteiger partial charge is 0.323 e. The number of hydrogen-bond donors (Lipinski definition) is 1. The maximum Gasteiger partial charge on any atom is 0.323 e. The van der Waals surface area contributed by atoms with Gasteiger partial charge in [0.2, 0.25) is 0 Å². The van der Waals surface area contributed by atoms with Crippen molar-refractivity contribution in [3.05, 3.63) is 34.1 Å². The maximum absolute atomic E-state index is 12.5. The Labute approximate surface area is 132 Å². The largest absolute Gasteiger partial charge is 0.457 e. The zero-order valence-corrected chi connectivity index (χ0v) is 13.5. The fraction of sp³-hybridized carbons (Fsp3) is 0.467. The van der Waals surface area contributed by atoms with E-state index in [4.69, 9.17) is 0 Å². The number of carbonyl (C=O) groups is 2. The van der Waals surface area contributed by atoms with Crippen LogP contribution in [0.4, 0.5) is 4.39 Å². The van der Waals surface area contributed by atoms with E-state index in [-0.39, 0.29) is 24.4 Å². The number of benzene rings is 1. The SMILES string of the molecule is Cc1ccc(Br)cc1F.O=CCOC(=O)[C@@H]1CCCCN1. The summed E-state index contributed by atoms with van der Waals surface area (Å²) in [6.07, 6.45) is 3.56. The van der Waals surface area contributed by atoms with Crippen LogP contribution in [0, 0.1) is 12.7 Å². The molecule has 0 radical (unpaired) electrons. The molecule has 1 aliphatic heterocycles. The summed E-state index contributed by atoms with van der Waals surface area (Å²) in [6, 6.07) is 4.81. The van der Waals surface area contributed by atoms with E-state index < -0.39 is 0 Å². The monoisotopic (exact) mass is 359 g/mol. The molecule has 1 aromatic rings. The van der Waals surface area contributed by atoms with Crippen LogP contribution in [0.15, 0.2) is 22.7 Å². The first-order chi connectivity index (χ1) is 10.0. The van der Waals surface area contributed by atoms with E-state index >= 15 is 0 Å². The molecule has 21 heavy (non-hydrogen) atoms. The molecular formula is C15H19BrFNO3. The van der Waals surface area contributed by atoms with Gasteiger partial charge in [-0.2, -0.15) is 0 Å². The van der Waals surface area contributed by atoms with E-state index in [0.717, 1.165) is 30.3 Å². The van der Waals surface area contributed by atoms with Gasteiger partial charge in [-0.3, -0.25) is 9.59 Å². The van der Waals surface area contributed by atoms with Gasteiger partial charge in [-0.15, -0.1) is 0 Å². The standard InChI is InChI=1S/C8H13NO3.C7H6BrF/c10-5-6-12-8(11)7-3-1-2-4-9-7;1-5-2-3-6(8)4-7(5)9/h5,7,9H,1-4,6H2;2-4H,1H3/t7-;/m0./s1. The first kappa shape index (κ1) is 17.8. The average Bonchev–Trinajstić information content (AvgIpc) is 2.50. The van der Waals surface area contributed by atoms with Crippen LogP contribution < -0.4 is 5.32 Å². The van der Waals surface area contributed by atoms with Crippen LogP contribution in [-0.4, -0.2) is 31.4 Å². The molecule has 1 saturated heterocycles. The third kappa shape index (κ3) is 6.82. The minimum atomic E-state index is -0.304. The number of aldehydes is 1. The van der Waals surface area contributed by atoms with Crippen molar-refractivity contribution < 1.29 is 18.7 Å². The van der Waals surface area contributed by atoms with E-state index in [1.54, 1.807) is 13.0 Å². The molecule has 0 unspecified atom stereocenters. The molecule has 4 nitrogen and oxygen atoms in total. The van der Waals surface area contributed by atoms with E-state index in [9.17, 15) is 14.0 Å². The Balaban J connectivity index is 0.000000219. The van der Waals surface area contributed by atoms with Gasteiger partial charge >= 0.3 is 5.97 Å². The van der Waals surface area contributed by atoms with Crippen molar-refractivity contribution in [2.45, 2.75) is 32.2 Å². The molecule has 0 spiro atoms. The Morgan fingerprint density at radius 2 is 2.29 bits per heavy atom. The number of carbonyl (C=O) groups excluding carboxylic acids is 2. The number of nitrogens with one attached hydrogen (secondary N) is 1. The highest BCUT2D eigenvalue weighted by atomic mass is 79.9. The summed E-state index contributed by atoms with van der Waals surface area (Å²) in [5.41, 5.74) is 0.679. The molecule has 0 aliphatic carbocycles. The van der Waals surface area contributed by atoms with Crippen LogP contribution in [0.1, 0.15) is 24.8 Å². The van der Waals surface area contributed by atoms with Crippen LogP contribution in [0.3, 0.4) is 0 Å². The molecule has 1 fully saturated rings. The number of halogens is 2. The number of rotatable bonds is 3. The Morgan fingerprint density at radius 3 is 2.81 bits per heavy atom. The lowest BCUT2D eigenvalue weighted by Crippen LogP contribution is -2.41. The highest BCUT2D eigenvalue weighted by Crippen LogP contribution is 2.13. The van der Waals surface area contributed by atoms with Gasteiger partial charge < -0.3 is 10.1 Å². The predicted octanol–water partition coefficient (Wildman–Crippen LogP) is 2.77. The summed E-state index contributed by atoms with van der Waals surface area (Å²) >= 11 is 3.16. The third-order valence-electron chi connectivity index (χ3n) is 3.02. The third-order valence-corrected chi connectivity index (χ3v) is 3.52. The summed E-state index contributed by atoms with van der Waals surface area (Å²) < 4.78 is 18.0. The second-order valence-electron chi connectivity index (χ2n) is 4.69. The lowest BCUT2D eigenvalue weighted by atomic mass is 10.1. The molecule has 6 heteroatoms. The molecule has 0 bridgehead atoms. The first-order valence-electron chi connectivity index (χ1n) is 6.80. The summed E-state index contributed by atoms with van der Waals surface area (Å²) in [7, 11) is 0. The van der Waals surface area contributed by atoms with Crippen molar-refractivity contribution >= 4 is 28.2 Å². The van der Waals surface area contributed by atoms with Crippen molar-refractivity contribution in [2.75, 3.05) is 13.2 Å². The second kappa shape index (κ2) is 9.63. The van der Waals surface area contributed by atoms with Crippen LogP contribution >= 0.6 is 15.9 Å². The van der Waals surface area contributed by atoms with Gasteiger partial charge in [-0.25, -0.2) is 4.39 Å². The minimum Gasteiger partial charge on any atom is -0.457 e. The van der Waals surface area contributed by atoms with Crippen LogP contribution in [-0.2, 0) is 14.3 Å². The van der Waals surface area contributed by atoms with Gasteiger partial charge in [0.25, 0.3) is 0 Å². The highest BCUT2D eigenvalue weighted by Gasteiger charge is 2.21. The summed E-state index contributed by atoms with van der Waals surface area (Å²) in [5, 5.41) is 3.04. The van der Waals surface area contributed by atoms with E-state index in [2.05, 4.69) is 26.0 Å². The summed E-state index contributed by atoms with van der Waals surface area (Å²) in [6.45, 7) is 2.47. The zero-order chi connectivity index (χ0) is 15.7. The van der Waals surface area contributed by atoms with E-state index in [0.29, 0.717) is 11.8 Å². The lowest BCUT2D eigenvalue weighted by Gasteiger charge is -2.20. The Bertz CT molecular complexity index is 476. The number of hydrogen-bond acceptors (Lipinski definition) is 4. The van der Waals surface area contributed by atoms with E-state index in [1.165, 1.54) is 6.07 Å². The van der Waals surface area contributed by atoms with Crippen molar-refractivity contribution in [1.82, 2.24) is 5.32 Å². The molecule has 0 saturated carbocycles. The Kier molecular flexibility index (Phi) is 8.15. The normalized spacial score (nSPS) is 17.4. The molecule has 0 amide bonds. The number of ether oxygens (including phenoxy) is 1. The summed E-state index contributed by atoms with van der Waals surface area (Å²) in [4.78, 5) is 21.0. The molecule has 1 heterocycles. The van der Waals surface area contributed by atoms with E-state index in [1.807, 2.05) is 6.07 Å². The number of esters is 1. The van der Waals surface area contributed by atoms with Gasteiger partial charge in [-0.1, -0.05) is 28.4 Å². The fourth-order valence-electron chi connectivity index (χ4n) is 1.84. The van der Waals surface area contributed by atoms with Gasteiger partial charge in [-0.05, 0) is 44.0 Å². The minimum absolute atomic E-state index is 0.128. The fourth-order valence-corrected chi connectivity index (χ4v) is 2.17. The number of aryl methyl sites for hydroxylation is 1. The highest BCUT2D eigenvalue weighted by molar-refractivity contribution is 9.10. The van der Waals surface area contributed by atoms with Gasteiger partial charge in [0.15, 0.2) is 6.29 Å². The molecule has 0 aromatic heterocycles. The predicted molar refractivity (Wildman–Crippen MR) is 81.5 cm³/mol. The van der Waals surface area contributed by atoms with Crippen LogP contribution in [0.5, 0.6) is 0 Å². The van der Waals surface area contributed by atoms with Crippen LogP contribution in [0.25, 0.3) is 0 Å². The second-order valence-corrected chi connectivity index (χ2v) is 5.61. The van der Waals surface area contributed by atoms with Gasteiger partial charge in [0, 0.05) is 4.47 Å². The van der Waals surface area contributed by atoms with Crippen molar-refractivity contribution in [1.29, 1.82) is 0 Å². The number of piperidine rings is 1. The van der Waals surface area contributed by atoms with Crippen LogP contribution in [0.2, 0.25) is 0 Å². The Morgan fingerprint density at radius 1 is 1.52 bits per heavy atom. The maximum atomic E-state index is 12.5. The first-order valence-corrected chi connectivity index (χ1v) is 7.59. The molecule has 2 rings (SSSR count). The topological polar surface area (TPSA) is 55.4 Å². The van der Waals surface area contributed by atoms with Crippen molar-refractivity contribution in [3.63, 3.8) is 0 Å². The van der Waals surface area contributed by atoms with Gasteiger partial charge in [0.1, 0.15) is 18.5 Å². The van der Waals surface area contributed by atoms with Gasteiger partial charge in [0.05, 0.1) is 0 Å². The molecule has 1 N–H and O–H groups in total. The quantitative estimate of drug-likeness (QED) is 0.665.